The lowest BCUT2D eigenvalue weighted by atomic mass is 10.2. The number of ether oxygens (including phenoxy) is 2. The van der Waals surface area contributed by atoms with E-state index < -0.39 is 0 Å². The van der Waals surface area contributed by atoms with E-state index in [4.69, 9.17) is 14.5 Å². The number of rotatable bonds is 9. The average Bonchev–Trinajstić information content (AvgIpc) is 3.38. The Bertz CT molecular complexity index is 800. The molecule has 1 fully saturated rings. The van der Waals surface area contributed by atoms with Crippen molar-refractivity contribution in [2.75, 3.05) is 20.2 Å². The number of nitrogens with one attached hydrogen (secondary N) is 2. The molecule has 6 nitrogen and oxygen atoms in total. The number of aryl methyl sites for hydroxylation is 1. The summed E-state index contributed by atoms with van der Waals surface area (Å²) in [6.07, 6.45) is 7.86. The molecule has 1 saturated carbocycles. The SMILES string of the molecule is CCNC(=NCc1ccc(OC)cc1OC1CCCC1)NCCc1ncc(C)s1. The quantitative estimate of drug-likeness (QED) is 0.476. The normalized spacial score (nSPS) is 14.8. The molecule has 0 bridgehead atoms. The Hall–Kier alpha value is -2.28. The van der Waals surface area contributed by atoms with E-state index in [0.717, 1.165) is 60.4 Å². The van der Waals surface area contributed by atoms with Crippen molar-refractivity contribution in [3.8, 4) is 11.5 Å². The summed E-state index contributed by atoms with van der Waals surface area (Å²) in [7, 11) is 1.68. The molecule has 2 aromatic rings. The number of hydrogen-bond acceptors (Lipinski definition) is 5. The molecule has 0 radical (unpaired) electrons. The van der Waals surface area contributed by atoms with E-state index in [2.05, 4.69) is 35.5 Å². The van der Waals surface area contributed by atoms with Gasteiger partial charge < -0.3 is 20.1 Å². The molecule has 1 aromatic carbocycles. The van der Waals surface area contributed by atoms with Crippen molar-refractivity contribution in [2.45, 2.75) is 58.6 Å². The maximum Gasteiger partial charge on any atom is 0.191 e. The standard InChI is InChI=1S/C22H32N4O2S/c1-4-23-22(24-12-11-21-25-14-16(2)29-21)26-15-17-9-10-19(27-3)13-20(17)28-18-7-5-6-8-18/h9-10,13-14,18H,4-8,11-12,15H2,1-3H3,(H2,23,24,26). The first kappa shape index (κ1) is 21.4. The Balaban J connectivity index is 1.63. The lowest BCUT2D eigenvalue weighted by Gasteiger charge is -2.17. The van der Waals surface area contributed by atoms with Crippen LogP contribution in [-0.4, -0.2) is 37.2 Å². The number of methoxy groups -OCH3 is 1. The summed E-state index contributed by atoms with van der Waals surface area (Å²) in [5.41, 5.74) is 1.07. The van der Waals surface area contributed by atoms with Gasteiger partial charge in [-0.05, 0) is 51.7 Å². The molecule has 0 unspecified atom stereocenters. The van der Waals surface area contributed by atoms with Crippen molar-refractivity contribution in [2.24, 2.45) is 4.99 Å². The number of nitrogens with zero attached hydrogens (tertiary/aromatic N) is 2. The largest absolute Gasteiger partial charge is 0.497 e. The molecule has 1 aliphatic carbocycles. The molecule has 29 heavy (non-hydrogen) atoms. The van der Waals surface area contributed by atoms with Gasteiger partial charge in [-0.15, -0.1) is 11.3 Å². The van der Waals surface area contributed by atoms with Gasteiger partial charge in [-0.25, -0.2) is 9.98 Å². The minimum atomic E-state index is 0.304. The zero-order valence-electron chi connectivity index (χ0n) is 17.7. The summed E-state index contributed by atoms with van der Waals surface area (Å²) in [6, 6.07) is 6.00. The van der Waals surface area contributed by atoms with Gasteiger partial charge in [-0.3, -0.25) is 0 Å². The molecule has 7 heteroatoms. The second-order valence-electron chi connectivity index (χ2n) is 7.23. The van der Waals surface area contributed by atoms with Gasteiger partial charge in [0.2, 0.25) is 0 Å². The molecular weight excluding hydrogens is 384 g/mol. The van der Waals surface area contributed by atoms with Crippen LogP contribution in [0, 0.1) is 6.92 Å². The fraction of sp³-hybridized carbons (Fsp3) is 0.545. The van der Waals surface area contributed by atoms with E-state index in [1.165, 1.54) is 17.7 Å². The van der Waals surface area contributed by atoms with Crippen LogP contribution in [0.15, 0.2) is 29.4 Å². The molecule has 158 valence electrons. The van der Waals surface area contributed by atoms with Crippen LogP contribution in [0.4, 0.5) is 0 Å². The second kappa shape index (κ2) is 11.0. The van der Waals surface area contributed by atoms with E-state index in [-0.39, 0.29) is 0 Å². The third-order valence-corrected chi connectivity index (χ3v) is 5.89. The summed E-state index contributed by atoms with van der Waals surface area (Å²) in [6.45, 7) is 6.32. The van der Waals surface area contributed by atoms with E-state index in [1.807, 2.05) is 18.3 Å². The van der Waals surface area contributed by atoms with Crippen molar-refractivity contribution >= 4 is 17.3 Å². The lowest BCUT2D eigenvalue weighted by Crippen LogP contribution is -2.38. The first-order valence-electron chi connectivity index (χ1n) is 10.4. The summed E-state index contributed by atoms with van der Waals surface area (Å²) in [5, 5.41) is 7.87. The molecule has 0 saturated heterocycles. The lowest BCUT2D eigenvalue weighted by molar-refractivity contribution is 0.207. The second-order valence-corrected chi connectivity index (χ2v) is 8.55. The molecule has 0 aliphatic heterocycles. The van der Waals surface area contributed by atoms with Gasteiger partial charge in [0.05, 0.1) is 24.8 Å². The highest BCUT2D eigenvalue weighted by Gasteiger charge is 2.18. The van der Waals surface area contributed by atoms with Crippen molar-refractivity contribution in [3.63, 3.8) is 0 Å². The molecule has 3 rings (SSSR count). The summed E-state index contributed by atoms with van der Waals surface area (Å²) >= 11 is 1.74. The monoisotopic (exact) mass is 416 g/mol. The number of benzene rings is 1. The van der Waals surface area contributed by atoms with E-state index in [0.29, 0.717) is 12.6 Å². The summed E-state index contributed by atoms with van der Waals surface area (Å²) < 4.78 is 11.7. The van der Waals surface area contributed by atoms with Crippen LogP contribution in [0.2, 0.25) is 0 Å². The minimum Gasteiger partial charge on any atom is -0.497 e. The van der Waals surface area contributed by atoms with Crippen LogP contribution in [0.3, 0.4) is 0 Å². The molecular formula is C22H32N4O2S. The molecule has 2 N–H and O–H groups in total. The molecule has 0 amide bonds. The van der Waals surface area contributed by atoms with Crippen LogP contribution >= 0.6 is 11.3 Å². The number of aromatic nitrogens is 1. The maximum absolute atomic E-state index is 6.29. The smallest absolute Gasteiger partial charge is 0.191 e. The van der Waals surface area contributed by atoms with Crippen LogP contribution < -0.4 is 20.1 Å². The van der Waals surface area contributed by atoms with Gasteiger partial charge >= 0.3 is 0 Å². The topological polar surface area (TPSA) is 67.8 Å². The van der Waals surface area contributed by atoms with E-state index in [9.17, 15) is 0 Å². The number of guanidine groups is 1. The Morgan fingerprint density at radius 3 is 2.79 bits per heavy atom. The van der Waals surface area contributed by atoms with Gasteiger partial charge in [-0.2, -0.15) is 0 Å². The molecule has 1 aromatic heterocycles. The van der Waals surface area contributed by atoms with Gasteiger partial charge in [-0.1, -0.05) is 0 Å². The first-order chi connectivity index (χ1) is 14.2. The fourth-order valence-corrected chi connectivity index (χ4v) is 4.19. The highest BCUT2D eigenvalue weighted by atomic mass is 32.1. The minimum absolute atomic E-state index is 0.304. The molecule has 0 atom stereocenters. The third kappa shape index (κ3) is 6.63. The van der Waals surface area contributed by atoms with Gasteiger partial charge in [0.15, 0.2) is 5.96 Å². The third-order valence-electron chi connectivity index (χ3n) is 4.92. The predicted molar refractivity (Wildman–Crippen MR) is 119 cm³/mol. The van der Waals surface area contributed by atoms with Crippen LogP contribution in [-0.2, 0) is 13.0 Å². The van der Waals surface area contributed by atoms with Crippen LogP contribution in [0.1, 0.15) is 48.1 Å². The van der Waals surface area contributed by atoms with Crippen molar-refractivity contribution in [1.29, 1.82) is 0 Å². The summed E-state index contributed by atoms with van der Waals surface area (Å²) in [5.74, 6) is 2.51. The van der Waals surface area contributed by atoms with Gasteiger partial charge in [0.1, 0.15) is 11.5 Å². The Morgan fingerprint density at radius 2 is 2.10 bits per heavy atom. The molecule has 1 heterocycles. The zero-order chi connectivity index (χ0) is 20.5. The van der Waals surface area contributed by atoms with Gasteiger partial charge in [0.25, 0.3) is 0 Å². The van der Waals surface area contributed by atoms with Gasteiger partial charge in [0, 0.05) is 42.2 Å². The van der Waals surface area contributed by atoms with Crippen molar-refractivity contribution in [1.82, 2.24) is 15.6 Å². The predicted octanol–water partition coefficient (Wildman–Crippen LogP) is 4.08. The summed E-state index contributed by atoms with van der Waals surface area (Å²) in [4.78, 5) is 10.4. The van der Waals surface area contributed by atoms with Crippen LogP contribution in [0.5, 0.6) is 11.5 Å². The highest BCUT2D eigenvalue weighted by Crippen LogP contribution is 2.30. The Kier molecular flexibility index (Phi) is 8.16. The Morgan fingerprint density at radius 1 is 1.28 bits per heavy atom. The average molecular weight is 417 g/mol. The number of hydrogen-bond donors (Lipinski definition) is 2. The zero-order valence-corrected chi connectivity index (χ0v) is 18.5. The molecule has 1 aliphatic rings. The van der Waals surface area contributed by atoms with Crippen LogP contribution in [0.25, 0.3) is 0 Å². The Labute approximate surface area is 177 Å². The van der Waals surface area contributed by atoms with Crippen molar-refractivity contribution in [3.05, 3.63) is 39.8 Å². The van der Waals surface area contributed by atoms with Crippen molar-refractivity contribution < 1.29 is 9.47 Å². The number of aliphatic imine (C=N–C) groups is 1. The van der Waals surface area contributed by atoms with E-state index >= 15 is 0 Å². The first-order valence-corrected chi connectivity index (χ1v) is 11.3. The molecule has 0 spiro atoms. The fourth-order valence-electron chi connectivity index (χ4n) is 3.40. The van der Waals surface area contributed by atoms with E-state index in [1.54, 1.807) is 18.4 Å². The number of thiazole rings is 1. The maximum atomic E-state index is 6.29. The highest BCUT2D eigenvalue weighted by molar-refractivity contribution is 7.11.